The first-order valence-corrected chi connectivity index (χ1v) is 7.48. The summed E-state index contributed by atoms with van der Waals surface area (Å²) in [4.78, 5) is 11.9. The Kier molecular flexibility index (Phi) is 5.86. The molecule has 7 heteroatoms. The van der Waals surface area contributed by atoms with Gasteiger partial charge < -0.3 is 15.9 Å². The van der Waals surface area contributed by atoms with Crippen LogP contribution in [0.25, 0.3) is 0 Å². The van der Waals surface area contributed by atoms with E-state index in [0.29, 0.717) is 10.3 Å². The predicted octanol–water partition coefficient (Wildman–Crippen LogP) is 2.84. The summed E-state index contributed by atoms with van der Waals surface area (Å²) in [6, 6.07) is 0.134. The van der Waals surface area contributed by atoms with Gasteiger partial charge in [0, 0.05) is 6.21 Å². The average molecular weight is 347 g/mol. The van der Waals surface area contributed by atoms with E-state index in [1.54, 1.807) is 25.8 Å². The van der Waals surface area contributed by atoms with E-state index in [2.05, 4.69) is 21.4 Å². The Morgan fingerprint density at radius 3 is 2.45 bits per heavy atom. The standard InChI is InChI=1S/C13H23BrN4O2/c1-13(2,3)20-12(19)17-18(9-6-4-5-7-9)11(16)10(14)8-15/h8-9,15H,4-7,16H2,1-3H3,(H,17,19)/b11-10-,15-8?. The summed E-state index contributed by atoms with van der Waals surface area (Å²) < 4.78 is 5.68. The molecule has 1 amide bonds. The van der Waals surface area contributed by atoms with Gasteiger partial charge in [0.2, 0.25) is 0 Å². The number of nitrogens with two attached hydrogens (primary N) is 1. The average Bonchev–Trinajstić information content (AvgIpc) is 2.85. The number of carbonyl (C=O) groups excluding carboxylic acids is 1. The quantitative estimate of drug-likeness (QED) is 0.539. The molecule has 0 spiro atoms. The number of allylic oxidation sites excluding steroid dienone is 1. The van der Waals surface area contributed by atoms with Crippen molar-refractivity contribution in [1.29, 1.82) is 5.41 Å². The molecule has 1 aliphatic rings. The highest BCUT2D eigenvalue weighted by Crippen LogP contribution is 2.25. The van der Waals surface area contributed by atoms with Crippen LogP contribution in [0, 0.1) is 5.41 Å². The summed E-state index contributed by atoms with van der Waals surface area (Å²) >= 11 is 3.22. The molecule has 0 aromatic rings. The van der Waals surface area contributed by atoms with Gasteiger partial charge in [-0.15, -0.1) is 0 Å². The number of ether oxygens (including phenoxy) is 1. The minimum Gasteiger partial charge on any atom is -0.443 e. The van der Waals surface area contributed by atoms with E-state index >= 15 is 0 Å². The molecule has 0 saturated heterocycles. The van der Waals surface area contributed by atoms with Crippen molar-refractivity contribution >= 4 is 28.2 Å². The lowest BCUT2D eigenvalue weighted by Crippen LogP contribution is -2.50. The normalized spacial score (nSPS) is 17.4. The highest BCUT2D eigenvalue weighted by atomic mass is 79.9. The zero-order chi connectivity index (χ0) is 15.3. The van der Waals surface area contributed by atoms with Crippen molar-refractivity contribution in [1.82, 2.24) is 10.4 Å². The van der Waals surface area contributed by atoms with E-state index in [4.69, 9.17) is 15.9 Å². The molecule has 1 rings (SSSR count). The molecule has 6 nitrogen and oxygen atoms in total. The maximum absolute atomic E-state index is 11.9. The molecular weight excluding hydrogens is 324 g/mol. The lowest BCUT2D eigenvalue weighted by atomic mass is 10.2. The van der Waals surface area contributed by atoms with Gasteiger partial charge in [0.25, 0.3) is 0 Å². The van der Waals surface area contributed by atoms with Crippen LogP contribution in [0.4, 0.5) is 4.79 Å². The minimum absolute atomic E-state index is 0.134. The highest BCUT2D eigenvalue weighted by Gasteiger charge is 2.27. The molecule has 0 heterocycles. The van der Waals surface area contributed by atoms with Gasteiger partial charge in [-0.1, -0.05) is 12.8 Å². The van der Waals surface area contributed by atoms with E-state index < -0.39 is 11.7 Å². The van der Waals surface area contributed by atoms with Crippen molar-refractivity contribution in [3.63, 3.8) is 0 Å². The molecule has 0 aromatic heterocycles. The molecule has 0 bridgehead atoms. The Bertz CT molecular complexity index is 398. The maximum atomic E-state index is 11.9. The molecule has 1 aliphatic carbocycles. The molecule has 4 N–H and O–H groups in total. The molecule has 0 unspecified atom stereocenters. The van der Waals surface area contributed by atoms with E-state index in [9.17, 15) is 4.79 Å². The van der Waals surface area contributed by atoms with Gasteiger partial charge in [-0.25, -0.2) is 10.2 Å². The molecule has 0 atom stereocenters. The summed E-state index contributed by atoms with van der Waals surface area (Å²) in [6.45, 7) is 5.41. The van der Waals surface area contributed by atoms with Crippen molar-refractivity contribution in [2.45, 2.75) is 58.1 Å². The van der Waals surface area contributed by atoms with Crippen LogP contribution >= 0.6 is 15.9 Å². The topological polar surface area (TPSA) is 91.4 Å². The number of nitrogens with zero attached hydrogens (tertiary/aromatic N) is 1. The molecule has 0 aliphatic heterocycles. The Morgan fingerprint density at radius 2 is 2.00 bits per heavy atom. The van der Waals surface area contributed by atoms with Crippen LogP contribution in [0.15, 0.2) is 10.3 Å². The van der Waals surface area contributed by atoms with Crippen LogP contribution in [0.2, 0.25) is 0 Å². The van der Waals surface area contributed by atoms with Gasteiger partial charge in [0.05, 0.1) is 10.5 Å². The molecule has 1 saturated carbocycles. The first-order valence-electron chi connectivity index (χ1n) is 6.69. The fraction of sp³-hybridized carbons (Fsp3) is 0.692. The van der Waals surface area contributed by atoms with Gasteiger partial charge in [0.1, 0.15) is 11.4 Å². The SMILES string of the molecule is CC(C)(C)OC(=O)NN(/C(N)=C(\Br)C=N)C1CCCC1. The maximum Gasteiger partial charge on any atom is 0.426 e. The van der Waals surface area contributed by atoms with Crippen LogP contribution in [-0.2, 0) is 4.74 Å². The zero-order valence-corrected chi connectivity index (χ0v) is 13.8. The summed E-state index contributed by atoms with van der Waals surface area (Å²) in [6.07, 6.45) is 4.68. The van der Waals surface area contributed by atoms with Crippen molar-refractivity contribution in [3.8, 4) is 0 Å². The fourth-order valence-electron chi connectivity index (χ4n) is 2.10. The van der Waals surface area contributed by atoms with Crippen molar-refractivity contribution in [2.75, 3.05) is 0 Å². The number of halogens is 1. The molecule has 0 aromatic carbocycles. The van der Waals surface area contributed by atoms with Gasteiger partial charge in [0.15, 0.2) is 0 Å². The molecular formula is C13H23BrN4O2. The van der Waals surface area contributed by atoms with Crippen molar-refractivity contribution in [3.05, 3.63) is 10.3 Å². The van der Waals surface area contributed by atoms with Crippen LogP contribution in [-0.4, -0.2) is 29.0 Å². The summed E-state index contributed by atoms with van der Waals surface area (Å²) in [5, 5.41) is 8.86. The van der Waals surface area contributed by atoms with Gasteiger partial charge in [-0.2, -0.15) is 0 Å². The van der Waals surface area contributed by atoms with Gasteiger partial charge >= 0.3 is 6.09 Å². The van der Waals surface area contributed by atoms with Gasteiger partial charge in [-0.05, 0) is 49.5 Å². The molecule has 1 fully saturated rings. The minimum atomic E-state index is -0.567. The van der Waals surface area contributed by atoms with Gasteiger partial charge in [-0.3, -0.25) is 5.01 Å². The Morgan fingerprint density at radius 1 is 1.45 bits per heavy atom. The number of amides is 1. The molecule has 114 valence electrons. The third-order valence-corrected chi connectivity index (χ3v) is 3.57. The third kappa shape index (κ3) is 5.03. The highest BCUT2D eigenvalue weighted by molar-refractivity contribution is 9.12. The van der Waals surface area contributed by atoms with E-state index in [1.165, 1.54) is 0 Å². The molecule has 20 heavy (non-hydrogen) atoms. The second kappa shape index (κ2) is 6.97. The fourth-order valence-corrected chi connectivity index (χ4v) is 2.29. The smallest absolute Gasteiger partial charge is 0.426 e. The molecule has 0 radical (unpaired) electrons. The summed E-state index contributed by atoms with van der Waals surface area (Å²) in [5.74, 6) is 0.317. The number of nitrogens with one attached hydrogen (secondary N) is 2. The number of rotatable bonds is 4. The Balaban J connectivity index is 2.83. The van der Waals surface area contributed by atoms with Crippen LogP contribution < -0.4 is 11.2 Å². The predicted molar refractivity (Wildman–Crippen MR) is 82.4 cm³/mol. The second-order valence-electron chi connectivity index (χ2n) is 5.80. The van der Waals surface area contributed by atoms with E-state index in [-0.39, 0.29) is 6.04 Å². The number of carbonyl (C=O) groups is 1. The zero-order valence-electron chi connectivity index (χ0n) is 12.2. The van der Waals surface area contributed by atoms with Crippen molar-refractivity contribution in [2.24, 2.45) is 5.73 Å². The first kappa shape index (κ1) is 16.8. The largest absolute Gasteiger partial charge is 0.443 e. The first-order chi connectivity index (χ1) is 9.24. The number of hydrazine groups is 1. The van der Waals surface area contributed by atoms with Crippen LogP contribution in [0.1, 0.15) is 46.5 Å². The summed E-state index contributed by atoms with van der Waals surface area (Å²) in [7, 11) is 0. The van der Waals surface area contributed by atoms with Crippen molar-refractivity contribution < 1.29 is 9.53 Å². The van der Waals surface area contributed by atoms with E-state index in [0.717, 1.165) is 31.9 Å². The van der Waals surface area contributed by atoms with Crippen LogP contribution in [0.5, 0.6) is 0 Å². The number of hydrogen-bond acceptors (Lipinski definition) is 5. The van der Waals surface area contributed by atoms with Crippen LogP contribution in [0.3, 0.4) is 0 Å². The second-order valence-corrected chi connectivity index (χ2v) is 6.65. The Hall–Kier alpha value is -1.24. The lowest BCUT2D eigenvalue weighted by Gasteiger charge is -2.32. The third-order valence-electron chi connectivity index (χ3n) is 2.93. The Labute approximate surface area is 128 Å². The monoisotopic (exact) mass is 346 g/mol. The summed E-state index contributed by atoms with van der Waals surface area (Å²) in [5.41, 5.74) is 8.12. The van der Waals surface area contributed by atoms with E-state index in [1.807, 2.05) is 0 Å². The number of hydrogen-bond donors (Lipinski definition) is 3. The lowest BCUT2D eigenvalue weighted by molar-refractivity contribution is 0.0319.